The molecular formula is C19H19F3N6O5S. The zero-order chi connectivity index (χ0) is 24.6. The standard InChI is InChI=1S/C19H19F3N6O5S/c1-18(4-8-34(30,31)9-5-18)26-15(29)12-10-28-13(25-12)2-3-14(27-28)33-17-16(23-6-7-24-17)32-11-19(20,21)22/h2-3,6-7,10H,4-5,8-9,11H2,1H3,(H,26,29). The molecule has 0 aromatic carbocycles. The average Bonchev–Trinajstić information content (AvgIpc) is 3.19. The fraction of sp³-hybridized carbons (Fsp3) is 0.421. The van der Waals surface area contributed by atoms with Gasteiger partial charge in [-0.3, -0.25) is 4.79 Å². The Balaban J connectivity index is 1.48. The minimum atomic E-state index is -4.57. The summed E-state index contributed by atoms with van der Waals surface area (Å²) in [5.74, 6) is -1.35. The molecule has 0 bridgehead atoms. The second kappa shape index (κ2) is 8.70. The third kappa shape index (κ3) is 5.70. The van der Waals surface area contributed by atoms with E-state index >= 15 is 0 Å². The van der Waals surface area contributed by atoms with Crippen molar-refractivity contribution in [2.24, 2.45) is 0 Å². The molecule has 4 heterocycles. The van der Waals surface area contributed by atoms with E-state index in [2.05, 4.69) is 30.1 Å². The van der Waals surface area contributed by atoms with Crippen molar-refractivity contribution in [3.8, 4) is 17.6 Å². The predicted octanol–water partition coefficient (Wildman–Crippen LogP) is 1.95. The second-order valence-electron chi connectivity index (χ2n) is 7.94. The van der Waals surface area contributed by atoms with E-state index in [1.807, 2.05) is 0 Å². The van der Waals surface area contributed by atoms with E-state index in [0.29, 0.717) is 18.5 Å². The number of fused-ring (bicyclic) bond motifs is 1. The summed E-state index contributed by atoms with van der Waals surface area (Å²) in [6.07, 6.45) is -0.271. The predicted molar refractivity (Wildman–Crippen MR) is 110 cm³/mol. The maximum Gasteiger partial charge on any atom is 0.422 e. The SMILES string of the molecule is CC1(NC(=O)c2cn3nc(Oc4nccnc4OCC(F)(F)F)ccc3n2)CCS(=O)(=O)CC1. The van der Waals surface area contributed by atoms with Gasteiger partial charge in [0.1, 0.15) is 15.5 Å². The summed E-state index contributed by atoms with van der Waals surface area (Å²) in [5.41, 5.74) is -0.326. The van der Waals surface area contributed by atoms with E-state index < -0.39 is 39.9 Å². The van der Waals surface area contributed by atoms with Crippen LogP contribution in [0.3, 0.4) is 0 Å². The van der Waals surface area contributed by atoms with Gasteiger partial charge in [-0.2, -0.15) is 13.2 Å². The molecule has 1 fully saturated rings. The highest BCUT2D eigenvalue weighted by molar-refractivity contribution is 7.91. The number of alkyl halides is 3. The third-order valence-corrected chi connectivity index (χ3v) is 6.73. The van der Waals surface area contributed by atoms with Crippen LogP contribution in [0, 0.1) is 0 Å². The zero-order valence-corrected chi connectivity index (χ0v) is 18.6. The van der Waals surface area contributed by atoms with Gasteiger partial charge in [0.15, 0.2) is 12.3 Å². The number of nitrogens with one attached hydrogen (secondary N) is 1. The highest BCUT2D eigenvalue weighted by Gasteiger charge is 2.35. The fourth-order valence-electron chi connectivity index (χ4n) is 3.21. The summed E-state index contributed by atoms with van der Waals surface area (Å²) in [5, 5.41) is 6.97. The van der Waals surface area contributed by atoms with Crippen molar-refractivity contribution in [2.75, 3.05) is 18.1 Å². The van der Waals surface area contributed by atoms with E-state index in [9.17, 15) is 26.4 Å². The van der Waals surface area contributed by atoms with Gasteiger partial charge in [0.2, 0.25) is 5.88 Å². The lowest BCUT2D eigenvalue weighted by Gasteiger charge is -2.34. The van der Waals surface area contributed by atoms with Crippen LogP contribution in [0.1, 0.15) is 30.3 Å². The summed E-state index contributed by atoms with van der Waals surface area (Å²) in [4.78, 5) is 24.4. The number of rotatable bonds is 6. The number of halogens is 3. The molecule has 3 aromatic rings. The minimum Gasteiger partial charge on any atom is -0.464 e. The number of sulfone groups is 1. The first-order valence-electron chi connectivity index (χ1n) is 9.99. The summed E-state index contributed by atoms with van der Waals surface area (Å²) in [7, 11) is -3.09. The molecule has 1 amide bonds. The molecule has 0 spiro atoms. The van der Waals surface area contributed by atoms with Crippen LogP contribution in [0.25, 0.3) is 5.65 Å². The fourth-order valence-corrected chi connectivity index (χ4v) is 4.94. The van der Waals surface area contributed by atoms with E-state index in [1.165, 1.54) is 29.0 Å². The first kappa shape index (κ1) is 23.7. The summed E-state index contributed by atoms with van der Waals surface area (Å²) < 4.78 is 72.0. The number of ether oxygens (including phenoxy) is 2. The van der Waals surface area contributed by atoms with Crippen molar-refractivity contribution in [3.63, 3.8) is 0 Å². The van der Waals surface area contributed by atoms with Crippen LogP contribution >= 0.6 is 0 Å². The molecule has 0 radical (unpaired) electrons. The Morgan fingerprint density at radius 1 is 1.18 bits per heavy atom. The number of nitrogens with zero attached hydrogens (tertiary/aromatic N) is 5. The number of carbonyl (C=O) groups is 1. The molecule has 1 aliphatic heterocycles. The average molecular weight is 500 g/mol. The molecule has 1 aliphatic rings. The molecule has 34 heavy (non-hydrogen) atoms. The molecule has 0 saturated carbocycles. The van der Waals surface area contributed by atoms with Gasteiger partial charge in [-0.25, -0.2) is 27.9 Å². The number of hydrogen-bond acceptors (Lipinski definition) is 9. The first-order chi connectivity index (χ1) is 15.9. The topological polar surface area (TPSA) is 138 Å². The molecule has 1 N–H and O–H groups in total. The van der Waals surface area contributed by atoms with Gasteiger partial charge in [0.25, 0.3) is 17.7 Å². The van der Waals surface area contributed by atoms with E-state index in [1.54, 1.807) is 6.92 Å². The van der Waals surface area contributed by atoms with Crippen molar-refractivity contribution in [1.82, 2.24) is 29.9 Å². The van der Waals surface area contributed by atoms with Gasteiger partial charge in [0.05, 0.1) is 17.7 Å². The maximum absolute atomic E-state index is 12.7. The molecular weight excluding hydrogens is 481 g/mol. The Kier molecular flexibility index (Phi) is 6.05. The number of aromatic nitrogens is 5. The van der Waals surface area contributed by atoms with Gasteiger partial charge >= 0.3 is 6.18 Å². The Morgan fingerprint density at radius 2 is 1.85 bits per heavy atom. The van der Waals surface area contributed by atoms with Gasteiger partial charge in [-0.05, 0) is 25.8 Å². The molecule has 3 aromatic heterocycles. The van der Waals surface area contributed by atoms with Crippen molar-refractivity contribution < 1.29 is 35.9 Å². The number of carbonyl (C=O) groups excluding carboxylic acids is 1. The Hall–Kier alpha value is -3.49. The first-order valence-corrected chi connectivity index (χ1v) is 11.8. The molecule has 11 nitrogen and oxygen atoms in total. The second-order valence-corrected chi connectivity index (χ2v) is 10.2. The molecule has 0 unspecified atom stereocenters. The Morgan fingerprint density at radius 3 is 2.53 bits per heavy atom. The van der Waals surface area contributed by atoms with Crippen LogP contribution in [0.2, 0.25) is 0 Å². The van der Waals surface area contributed by atoms with Crippen LogP contribution in [0.4, 0.5) is 13.2 Å². The smallest absolute Gasteiger partial charge is 0.422 e. The van der Waals surface area contributed by atoms with Crippen molar-refractivity contribution >= 4 is 21.4 Å². The zero-order valence-electron chi connectivity index (χ0n) is 17.7. The highest BCUT2D eigenvalue weighted by Crippen LogP contribution is 2.28. The Bertz CT molecular complexity index is 1310. The summed E-state index contributed by atoms with van der Waals surface area (Å²) in [6, 6.07) is 2.88. The lowest BCUT2D eigenvalue weighted by atomic mass is 9.95. The normalized spacial score (nSPS) is 17.3. The Labute approximate surface area is 191 Å². The van der Waals surface area contributed by atoms with Gasteiger partial charge in [-0.15, -0.1) is 5.10 Å². The minimum absolute atomic E-state index is 0.00570. The molecule has 182 valence electrons. The summed E-state index contributed by atoms with van der Waals surface area (Å²) in [6.45, 7) is 0.207. The maximum atomic E-state index is 12.7. The quantitative estimate of drug-likeness (QED) is 0.538. The van der Waals surface area contributed by atoms with Crippen LogP contribution < -0.4 is 14.8 Å². The van der Waals surface area contributed by atoms with Crippen molar-refractivity contribution in [2.45, 2.75) is 31.5 Å². The third-order valence-electron chi connectivity index (χ3n) is 5.08. The van der Waals surface area contributed by atoms with Crippen molar-refractivity contribution in [1.29, 1.82) is 0 Å². The van der Waals surface area contributed by atoms with Gasteiger partial charge in [0, 0.05) is 24.0 Å². The lowest BCUT2D eigenvalue weighted by Crippen LogP contribution is -2.51. The number of imidazole rings is 1. The molecule has 1 saturated heterocycles. The van der Waals surface area contributed by atoms with E-state index in [0.717, 1.165) is 6.20 Å². The molecule has 0 aliphatic carbocycles. The molecule has 4 rings (SSSR count). The van der Waals surface area contributed by atoms with E-state index in [4.69, 9.17) is 4.74 Å². The summed E-state index contributed by atoms with van der Waals surface area (Å²) >= 11 is 0. The number of hydrogen-bond donors (Lipinski definition) is 1. The van der Waals surface area contributed by atoms with Crippen LogP contribution in [0.5, 0.6) is 17.6 Å². The van der Waals surface area contributed by atoms with Crippen LogP contribution in [-0.4, -0.2) is 68.7 Å². The lowest BCUT2D eigenvalue weighted by molar-refractivity contribution is -0.154. The van der Waals surface area contributed by atoms with Gasteiger partial charge < -0.3 is 14.8 Å². The highest BCUT2D eigenvalue weighted by atomic mass is 32.2. The van der Waals surface area contributed by atoms with E-state index in [-0.39, 0.29) is 29.0 Å². The monoisotopic (exact) mass is 500 g/mol. The van der Waals surface area contributed by atoms with Crippen molar-refractivity contribution in [3.05, 3.63) is 36.4 Å². The van der Waals surface area contributed by atoms with Crippen LogP contribution in [-0.2, 0) is 9.84 Å². The number of amides is 1. The largest absolute Gasteiger partial charge is 0.464 e. The van der Waals surface area contributed by atoms with Crippen LogP contribution in [0.15, 0.2) is 30.7 Å². The van der Waals surface area contributed by atoms with Gasteiger partial charge in [-0.1, -0.05) is 0 Å². The molecule has 15 heteroatoms. The molecule has 0 atom stereocenters.